The summed E-state index contributed by atoms with van der Waals surface area (Å²) in [7, 11) is 0. The van der Waals surface area contributed by atoms with Gasteiger partial charge in [0.05, 0.1) is 28.6 Å². The standard InChI is InChI=1S/C22H25N3O3S2/c1-12(2)10-28-21(27)20-15(5)23-22(30-20)24-17(26)11-29-18-9-14(4)16-8-6-7-13(3)19(16)25-18/h6-9,12H,10-11H2,1-5H3,(H,23,24,26). The van der Waals surface area contributed by atoms with Gasteiger partial charge in [0.15, 0.2) is 5.13 Å². The monoisotopic (exact) mass is 443 g/mol. The second-order valence-electron chi connectivity index (χ2n) is 7.51. The van der Waals surface area contributed by atoms with Crippen molar-refractivity contribution in [2.45, 2.75) is 39.6 Å². The van der Waals surface area contributed by atoms with Crippen LogP contribution in [-0.2, 0) is 9.53 Å². The first-order chi connectivity index (χ1) is 14.2. The lowest BCUT2D eigenvalue weighted by Gasteiger charge is -2.08. The Hall–Kier alpha value is -2.45. The fourth-order valence-corrected chi connectivity index (χ4v) is 4.49. The summed E-state index contributed by atoms with van der Waals surface area (Å²) in [4.78, 5) is 34.0. The Morgan fingerprint density at radius 1 is 1.17 bits per heavy atom. The molecule has 0 spiro atoms. The summed E-state index contributed by atoms with van der Waals surface area (Å²) >= 11 is 2.51. The van der Waals surface area contributed by atoms with Crippen LogP contribution in [0.2, 0.25) is 0 Å². The molecule has 0 saturated carbocycles. The van der Waals surface area contributed by atoms with Gasteiger partial charge in [0, 0.05) is 5.39 Å². The molecule has 30 heavy (non-hydrogen) atoms. The minimum atomic E-state index is -0.403. The van der Waals surface area contributed by atoms with Crippen LogP contribution in [0.1, 0.15) is 40.3 Å². The maximum absolute atomic E-state index is 12.4. The van der Waals surface area contributed by atoms with Crippen LogP contribution in [0.3, 0.4) is 0 Å². The van der Waals surface area contributed by atoms with E-state index in [0.717, 1.165) is 38.4 Å². The highest BCUT2D eigenvalue weighted by Gasteiger charge is 2.18. The number of hydrogen-bond donors (Lipinski definition) is 1. The molecule has 0 aliphatic carbocycles. The van der Waals surface area contributed by atoms with E-state index in [4.69, 9.17) is 9.72 Å². The lowest BCUT2D eigenvalue weighted by atomic mass is 10.1. The fraction of sp³-hybridized carbons (Fsp3) is 0.364. The van der Waals surface area contributed by atoms with Crippen molar-refractivity contribution in [1.29, 1.82) is 0 Å². The molecule has 1 amide bonds. The fourth-order valence-electron chi connectivity index (χ4n) is 2.85. The maximum Gasteiger partial charge on any atom is 0.350 e. The van der Waals surface area contributed by atoms with Crippen LogP contribution < -0.4 is 5.32 Å². The molecule has 0 aliphatic rings. The van der Waals surface area contributed by atoms with Gasteiger partial charge in [-0.1, -0.05) is 55.1 Å². The molecule has 6 nitrogen and oxygen atoms in total. The molecule has 0 bridgehead atoms. The molecule has 2 heterocycles. The lowest BCUT2D eigenvalue weighted by molar-refractivity contribution is -0.113. The number of pyridine rings is 1. The number of carbonyl (C=O) groups is 2. The number of amides is 1. The molecule has 0 fully saturated rings. The zero-order valence-electron chi connectivity index (χ0n) is 17.7. The molecule has 0 radical (unpaired) electrons. The number of rotatable bonds is 7. The Morgan fingerprint density at radius 2 is 1.93 bits per heavy atom. The van der Waals surface area contributed by atoms with Crippen molar-refractivity contribution in [1.82, 2.24) is 9.97 Å². The van der Waals surface area contributed by atoms with Crippen LogP contribution in [0.25, 0.3) is 10.9 Å². The summed E-state index contributed by atoms with van der Waals surface area (Å²) in [5, 5.41) is 5.09. The number of aryl methyl sites for hydroxylation is 3. The van der Waals surface area contributed by atoms with Crippen molar-refractivity contribution >= 4 is 51.0 Å². The van der Waals surface area contributed by atoms with E-state index in [1.54, 1.807) is 6.92 Å². The third kappa shape index (κ3) is 5.37. The van der Waals surface area contributed by atoms with Gasteiger partial charge in [0.25, 0.3) is 0 Å². The summed E-state index contributed by atoms with van der Waals surface area (Å²) in [6.07, 6.45) is 0. The van der Waals surface area contributed by atoms with Crippen molar-refractivity contribution in [3.63, 3.8) is 0 Å². The van der Waals surface area contributed by atoms with Gasteiger partial charge in [-0.2, -0.15) is 0 Å². The number of aromatic nitrogens is 2. The van der Waals surface area contributed by atoms with Gasteiger partial charge < -0.3 is 10.1 Å². The Labute approximate surface area is 184 Å². The van der Waals surface area contributed by atoms with Crippen LogP contribution in [-0.4, -0.2) is 34.2 Å². The summed E-state index contributed by atoms with van der Waals surface area (Å²) in [6.45, 7) is 10.1. The molecule has 158 valence electrons. The Kier molecular flexibility index (Phi) is 7.10. The second-order valence-corrected chi connectivity index (χ2v) is 9.51. The average Bonchev–Trinajstić information content (AvgIpc) is 3.05. The number of thioether (sulfide) groups is 1. The highest BCUT2D eigenvalue weighted by molar-refractivity contribution is 7.99. The summed E-state index contributed by atoms with van der Waals surface area (Å²) in [5.74, 6) is -0.134. The van der Waals surface area contributed by atoms with Crippen LogP contribution in [0.15, 0.2) is 29.3 Å². The summed E-state index contributed by atoms with van der Waals surface area (Å²) in [5.41, 5.74) is 3.75. The first-order valence-corrected chi connectivity index (χ1v) is 11.5. The normalized spacial score (nSPS) is 11.1. The number of esters is 1. The number of hydrogen-bond acceptors (Lipinski definition) is 7. The number of ether oxygens (including phenoxy) is 1. The molecule has 2 aromatic heterocycles. The molecule has 1 N–H and O–H groups in total. The van der Waals surface area contributed by atoms with Crippen molar-refractivity contribution in [3.05, 3.63) is 46.0 Å². The largest absolute Gasteiger partial charge is 0.461 e. The minimum Gasteiger partial charge on any atom is -0.461 e. The Bertz CT molecular complexity index is 1090. The highest BCUT2D eigenvalue weighted by Crippen LogP contribution is 2.27. The molecule has 8 heteroatoms. The molecular weight excluding hydrogens is 418 g/mol. The van der Waals surface area contributed by atoms with Crippen LogP contribution in [0.5, 0.6) is 0 Å². The SMILES string of the molecule is Cc1nc(NC(=O)CSc2cc(C)c3cccc(C)c3n2)sc1C(=O)OCC(C)C. The zero-order valence-corrected chi connectivity index (χ0v) is 19.4. The quantitative estimate of drug-likeness (QED) is 0.401. The first kappa shape index (κ1) is 22.2. The molecule has 0 aliphatic heterocycles. The van der Waals surface area contributed by atoms with Crippen molar-refractivity contribution < 1.29 is 14.3 Å². The topological polar surface area (TPSA) is 81.2 Å². The van der Waals surface area contributed by atoms with Crippen LogP contribution in [0.4, 0.5) is 5.13 Å². The van der Waals surface area contributed by atoms with E-state index in [-0.39, 0.29) is 17.6 Å². The number of fused-ring (bicyclic) bond motifs is 1. The molecule has 3 rings (SSSR count). The smallest absolute Gasteiger partial charge is 0.350 e. The number of nitrogens with one attached hydrogen (secondary N) is 1. The third-order valence-corrected chi connectivity index (χ3v) is 6.32. The number of thiazole rings is 1. The number of nitrogens with zero attached hydrogens (tertiary/aromatic N) is 2. The second kappa shape index (κ2) is 9.57. The van der Waals surface area contributed by atoms with E-state index < -0.39 is 5.97 Å². The molecule has 0 saturated heterocycles. The number of anilines is 1. The van der Waals surface area contributed by atoms with E-state index in [2.05, 4.69) is 16.4 Å². The number of carbonyl (C=O) groups excluding carboxylic acids is 2. The number of para-hydroxylation sites is 1. The van der Waals surface area contributed by atoms with Gasteiger partial charge in [-0.15, -0.1) is 0 Å². The van der Waals surface area contributed by atoms with Gasteiger partial charge in [-0.05, 0) is 43.9 Å². The molecular formula is C22H25N3O3S2. The van der Waals surface area contributed by atoms with Crippen LogP contribution >= 0.6 is 23.1 Å². The van der Waals surface area contributed by atoms with E-state index in [0.29, 0.717) is 22.3 Å². The van der Waals surface area contributed by atoms with Gasteiger partial charge >= 0.3 is 5.97 Å². The average molecular weight is 444 g/mol. The third-order valence-electron chi connectivity index (χ3n) is 4.35. The zero-order chi connectivity index (χ0) is 21.8. The number of benzene rings is 1. The summed E-state index contributed by atoms with van der Waals surface area (Å²) in [6, 6.07) is 8.11. The van der Waals surface area contributed by atoms with E-state index in [1.165, 1.54) is 11.8 Å². The van der Waals surface area contributed by atoms with E-state index in [9.17, 15) is 9.59 Å². The predicted molar refractivity (Wildman–Crippen MR) is 123 cm³/mol. The van der Waals surface area contributed by atoms with E-state index >= 15 is 0 Å². The van der Waals surface area contributed by atoms with Crippen molar-refractivity contribution in [3.8, 4) is 0 Å². The van der Waals surface area contributed by atoms with Gasteiger partial charge in [0.2, 0.25) is 5.91 Å². The minimum absolute atomic E-state index is 0.194. The molecule has 3 aromatic rings. The molecule has 0 unspecified atom stereocenters. The van der Waals surface area contributed by atoms with Gasteiger partial charge in [-0.3, -0.25) is 4.79 Å². The molecule has 0 atom stereocenters. The predicted octanol–water partition coefficient (Wildman–Crippen LogP) is 5.16. The summed E-state index contributed by atoms with van der Waals surface area (Å²) < 4.78 is 5.26. The lowest BCUT2D eigenvalue weighted by Crippen LogP contribution is -2.14. The Balaban J connectivity index is 1.63. The van der Waals surface area contributed by atoms with Gasteiger partial charge in [0.1, 0.15) is 4.88 Å². The highest BCUT2D eigenvalue weighted by atomic mass is 32.2. The first-order valence-electron chi connectivity index (χ1n) is 9.68. The Morgan fingerprint density at radius 3 is 2.67 bits per heavy atom. The van der Waals surface area contributed by atoms with Gasteiger partial charge in [-0.25, -0.2) is 14.8 Å². The van der Waals surface area contributed by atoms with Crippen molar-refractivity contribution in [2.75, 3.05) is 17.7 Å². The molecule has 1 aromatic carbocycles. The van der Waals surface area contributed by atoms with Crippen molar-refractivity contribution in [2.24, 2.45) is 5.92 Å². The van der Waals surface area contributed by atoms with E-state index in [1.807, 2.05) is 45.9 Å². The van der Waals surface area contributed by atoms with Crippen LogP contribution in [0, 0.1) is 26.7 Å². The maximum atomic E-state index is 12.4.